The molecule has 1 N–H and O–H groups in total. The van der Waals surface area contributed by atoms with Crippen molar-refractivity contribution >= 4 is 11.3 Å². The van der Waals surface area contributed by atoms with Crippen molar-refractivity contribution < 1.29 is 4.52 Å². The number of nitrogens with zero attached hydrogens (tertiary/aromatic N) is 3. The van der Waals surface area contributed by atoms with E-state index in [0.29, 0.717) is 24.2 Å². The number of aromatic nitrogens is 3. The molecular weight excluding hydrogens is 248 g/mol. The third-order valence-electron chi connectivity index (χ3n) is 2.65. The molecule has 0 aliphatic heterocycles. The lowest BCUT2D eigenvalue weighted by atomic mass is 10.0. The van der Waals surface area contributed by atoms with E-state index in [1.807, 2.05) is 13.8 Å². The fraction of sp³-hybridized carbons (Fsp3) is 0.583. The SMILES string of the molecule is Cc1noc([C@H](NCc2csc(C)n2)C(C)C)n1. The van der Waals surface area contributed by atoms with Gasteiger partial charge in [0.25, 0.3) is 0 Å². The van der Waals surface area contributed by atoms with Crippen LogP contribution in [0.3, 0.4) is 0 Å². The molecule has 0 saturated carbocycles. The molecule has 6 heteroatoms. The topological polar surface area (TPSA) is 63.8 Å². The molecule has 0 aromatic carbocycles. The van der Waals surface area contributed by atoms with Gasteiger partial charge < -0.3 is 4.52 Å². The molecule has 2 aromatic heterocycles. The van der Waals surface area contributed by atoms with Crippen LogP contribution < -0.4 is 5.32 Å². The van der Waals surface area contributed by atoms with Crippen molar-refractivity contribution in [3.8, 4) is 0 Å². The summed E-state index contributed by atoms with van der Waals surface area (Å²) in [5.74, 6) is 1.70. The summed E-state index contributed by atoms with van der Waals surface area (Å²) in [6.45, 7) is 8.81. The van der Waals surface area contributed by atoms with Gasteiger partial charge in [-0.15, -0.1) is 11.3 Å². The summed E-state index contributed by atoms with van der Waals surface area (Å²) in [7, 11) is 0. The molecule has 0 saturated heterocycles. The molecule has 0 bridgehead atoms. The molecule has 0 fully saturated rings. The normalized spacial score (nSPS) is 13.2. The van der Waals surface area contributed by atoms with Gasteiger partial charge in [-0.25, -0.2) is 4.98 Å². The van der Waals surface area contributed by atoms with Gasteiger partial charge in [0.2, 0.25) is 5.89 Å². The lowest BCUT2D eigenvalue weighted by Crippen LogP contribution is -2.25. The van der Waals surface area contributed by atoms with E-state index in [2.05, 4.69) is 39.7 Å². The van der Waals surface area contributed by atoms with Gasteiger partial charge >= 0.3 is 0 Å². The minimum absolute atomic E-state index is 0.0632. The molecule has 2 heterocycles. The van der Waals surface area contributed by atoms with Crippen LogP contribution in [0.5, 0.6) is 0 Å². The quantitative estimate of drug-likeness (QED) is 0.901. The Balaban J connectivity index is 2.03. The fourth-order valence-electron chi connectivity index (χ4n) is 1.75. The van der Waals surface area contributed by atoms with Gasteiger partial charge in [0.1, 0.15) is 0 Å². The minimum atomic E-state index is 0.0632. The van der Waals surface area contributed by atoms with E-state index in [0.717, 1.165) is 10.7 Å². The smallest absolute Gasteiger partial charge is 0.244 e. The van der Waals surface area contributed by atoms with Gasteiger partial charge in [0.15, 0.2) is 5.82 Å². The largest absolute Gasteiger partial charge is 0.338 e. The first kappa shape index (κ1) is 13.2. The number of rotatable bonds is 5. The maximum atomic E-state index is 5.24. The van der Waals surface area contributed by atoms with Gasteiger partial charge in [-0.1, -0.05) is 19.0 Å². The van der Waals surface area contributed by atoms with Crippen LogP contribution >= 0.6 is 11.3 Å². The Kier molecular flexibility index (Phi) is 4.08. The Labute approximate surface area is 111 Å². The predicted molar refractivity (Wildman–Crippen MR) is 70.3 cm³/mol. The molecule has 0 aliphatic rings. The van der Waals surface area contributed by atoms with Crippen LogP contribution in [0.15, 0.2) is 9.90 Å². The van der Waals surface area contributed by atoms with E-state index in [-0.39, 0.29) is 6.04 Å². The summed E-state index contributed by atoms with van der Waals surface area (Å²) in [4.78, 5) is 8.72. The zero-order valence-corrected chi connectivity index (χ0v) is 11.9. The van der Waals surface area contributed by atoms with Gasteiger partial charge in [0.05, 0.1) is 16.7 Å². The molecule has 0 aliphatic carbocycles. The van der Waals surface area contributed by atoms with Gasteiger partial charge in [-0.05, 0) is 19.8 Å². The van der Waals surface area contributed by atoms with Crippen molar-refractivity contribution in [2.24, 2.45) is 5.92 Å². The number of aryl methyl sites for hydroxylation is 2. The number of hydrogen-bond donors (Lipinski definition) is 1. The highest BCUT2D eigenvalue weighted by molar-refractivity contribution is 7.09. The van der Waals surface area contributed by atoms with E-state index in [4.69, 9.17) is 4.52 Å². The summed E-state index contributed by atoms with van der Waals surface area (Å²) in [6, 6.07) is 0.0632. The van der Waals surface area contributed by atoms with E-state index in [1.165, 1.54) is 0 Å². The number of thiazole rings is 1. The van der Waals surface area contributed by atoms with Crippen LogP contribution in [-0.4, -0.2) is 15.1 Å². The standard InChI is InChI=1S/C12H18N4OS/c1-7(2)11(12-14-8(3)16-17-12)13-5-10-6-18-9(4)15-10/h6-7,11,13H,5H2,1-4H3/t11-/m1/s1. The highest BCUT2D eigenvalue weighted by atomic mass is 32.1. The molecule has 0 radical (unpaired) electrons. The van der Waals surface area contributed by atoms with E-state index in [1.54, 1.807) is 11.3 Å². The lowest BCUT2D eigenvalue weighted by molar-refractivity contribution is 0.286. The van der Waals surface area contributed by atoms with Gasteiger partial charge in [-0.2, -0.15) is 4.98 Å². The maximum Gasteiger partial charge on any atom is 0.244 e. The van der Waals surface area contributed by atoms with Crippen molar-refractivity contribution in [3.63, 3.8) is 0 Å². The van der Waals surface area contributed by atoms with Crippen molar-refractivity contribution in [1.29, 1.82) is 0 Å². The van der Waals surface area contributed by atoms with E-state index in [9.17, 15) is 0 Å². The Hall–Kier alpha value is -1.27. The summed E-state index contributed by atoms with van der Waals surface area (Å²) in [5.41, 5.74) is 1.05. The number of hydrogen-bond acceptors (Lipinski definition) is 6. The van der Waals surface area contributed by atoms with Crippen molar-refractivity contribution in [3.05, 3.63) is 27.8 Å². The van der Waals surface area contributed by atoms with E-state index >= 15 is 0 Å². The second-order valence-electron chi connectivity index (χ2n) is 4.64. The molecular formula is C12H18N4OS. The summed E-state index contributed by atoms with van der Waals surface area (Å²) in [6.07, 6.45) is 0. The Morgan fingerprint density at radius 1 is 1.33 bits per heavy atom. The lowest BCUT2D eigenvalue weighted by Gasteiger charge is -2.17. The van der Waals surface area contributed by atoms with Crippen LogP contribution in [0.4, 0.5) is 0 Å². The first-order chi connectivity index (χ1) is 8.56. The van der Waals surface area contributed by atoms with Crippen molar-refractivity contribution in [2.75, 3.05) is 0 Å². The van der Waals surface area contributed by atoms with Crippen LogP contribution in [0.1, 0.15) is 42.3 Å². The van der Waals surface area contributed by atoms with Crippen LogP contribution in [0, 0.1) is 19.8 Å². The molecule has 5 nitrogen and oxygen atoms in total. The highest BCUT2D eigenvalue weighted by Gasteiger charge is 2.21. The van der Waals surface area contributed by atoms with E-state index < -0.39 is 0 Å². The fourth-order valence-corrected chi connectivity index (χ4v) is 2.36. The third-order valence-corrected chi connectivity index (χ3v) is 3.47. The third kappa shape index (κ3) is 3.14. The first-order valence-electron chi connectivity index (χ1n) is 6.01. The molecule has 0 amide bonds. The zero-order valence-electron chi connectivity index (χ0n) is 11.1. The van der Waals surface area contributed by atoms with Crippen molar-refractivity contribution in [2.45, 2.75) is 40.3 Å². The monoisotopic (exact) mass is 266 g/mol. The second kappa shape index (κ2) is 5.58. The van der Waals surface area contributed by atoms with Crippen LogP contribution in [0.25, 0.3) is 0 Å². The average molecular weight is 266 g/mol. The molecule has 98 valence electrons. The molecule has 2 rings (SSSR count). The number of nitrogens with one attached hydrogen (secondary N) is 1. The molecule has 18 heavy (non-hydrogen) atoms. The molecule has 0 spiro atoms. The average Bonchev–Trinajstić information content (AvgIpc) is 2.88. The van der Waals surface area contributed by atoms with Crippen LogP contribution in [0.2, 0.25) is 0 Å². The summed E-state index contributed by atoms with van der Waals surface area (Å²) in [5, 5.41) is 10.4. The molecule has 0 unspecified atom stereocenters. The zero-order chi connectivity index (χ0) is 13.1. The Morgan fingerprint density at radius 2 is 2.11 bits per heavy atom. The molecule has 1 atom stereocenters. The first-order valence-corrected chi connectivity index (χ1v) is 6.89. The summed E-state index contributed by atoms with van der Waals surface area (Å²) < 4.78 is 5.24. The minimum Gasteiger partial charge on any atom is -0.338 e. The Morgan fingerprint density at radius 3 is 2.61 bits per heavy atom. The maximum absolute atomic E-state index is 5.24. The Bertz CT molecular complexity index is 506. The second-order valence-corrected chi connectivity index (χ2v) is 5.70. The molecule has 2 aromatic rings. The highest BCUT2D eigenvalue weighted by Crippen LogP contribution is 2.20. The van der Waals surface area contributed by atoms with Crippen molar-refractivity contribution in [1.82, 2.24) is 20.4 Å². The van der Waals surface area contributed by atoms with Gasteiger partial charge in [0, 0.05) is 11.9 Å². The predicted octanol–water partition coefficient (Wildman–Crippen LogP) is 2.63. The summed E-state index contributed by atoms with van der Waals surface area (Å²) >= 11 is 1.66. The van der Waals surface area contributed by atoms with Crippen LogP contribution in [-0.2, 0) is 6.54 Å². The van der Waals surface area contributed by atoms with Gasteiger partial charge in [-0.3, -0.25) is 5.32 Å².